The van der Waals surface area contributed by atoms with E-state index in [1.165, 1.54) is 6.26 Å². The molecule has 11 heavy (non-hydrogen) atoms. The van der Waals surface area contributed by atoms with Crippen molar-refractivity contribution in [3.63, 3.8) is 0 Å². The van der Waals surface area contributed by atoms with E-state index in [0.29, 0.717) is 5.16 Å². The molecule has 0 radical (unpaired) electrons. The van der Waals surface area contributed by atoms with Crippen LogP contribution in [0.1, 0.15) is 12.6 Å². The molecule has 1 aromatic heterocycles. The third kappa shape index (κ3) is 2.04. The van der Waals surface area contributed by atoms with Crippen molar-refractivity contribution in [2.75, 3.05) is 6.26 Å². The largest absolute Gasteiger partial charge is 0.251 e. The van der Waals surface area contributed by atoms with Crippen molar-refractivity contribution >= 4 is 10.8 Å². The fourth-order valence-corrected chi connectivity index (χ4v) is 0.939. The third-order valence-electron chi connectivity index (χ3n) is 1.21. The van der Waals surface area contributed by atoms with Crippen LogP contribution in [0.5, 0.6) is 0 Å². The van der Waals surface area contributed by atoms with Crippen LogP contribution in [0.25, 0.3) is 0 Å². The van der Waals surface area contributed by atoms with Crippen molar-refractivity contribution in [2.24, 2.45) is 0 Å². The van der Waals surface area contributed by atoms with Crippen LogP contribution in [0.4, 0.5) is 0 Å². The lowest BCUT2D eigenvalue weighted by molar-refractivity contribution is 0.672. The first-order chi connectivity index (χ1) is 5.24. The molecule has 0 fully saturated rings. The molecule has 0 saturated carbocycles. The third-order valence-corrected chi connectivity index (χ3v) is 1.91. The Morgan fingerprint density at radius 3 is 2.64 bits per heavy atom. The monoisotopic (exact) mass is 171 g/mol. The Balaban J connectivity index is 2.91. The molecule has 5 heteroatoms. The Morgan fingerprint density at radius 1 is 1.55 bits per heavy atom. The average molecular weight is 171 g/mol. The average Bonchev–Trinajstić information content (AvgIpc) is 2.05. The maximum atomic E-state index is 10.8. The Bertz CT molecular complexity index is 259. The number of rotatable bonds is 2. The maximum Gasteiger partial charge on any atom is 0.239 e. The van der Waals surface area contributed by atoms with Gasteiger partial charge in [0.15, 0.2) is 0 Å². The molecular weight excluding hydrogens is 162 g/mol. The zero-order chi connectivity index (χ0) is 8.27. The van der Waals surface area contributed by atoms with Crippen molar-refractivity contribution in [3.05, 3.63) is 11.9 Å². The zero-order valence-corrected chi connectivity index (χ0v) is 7.26. The van der Waals surface area contributed by atoms with E-state index in [1.807, 2.05) is 6.92 Å². The molecule has 0 N–H and O–H groups in total. The summed E-state index contributed by atoms with van der Waals surface area (Å²) < 4.78 is 10.8. The van der Waals surface area contributed by atoms with Gasteiger partial charge in [0.05, 0.1) is 22.7 Å². The summed E-state index contributed by atoms with van der Waals surface area (Å²) in [4.78, 5) is 3.88. The molecule has 0 saturated heterocycles. The van der Waals surface area contributed by atoms with Gasteiger partial charge in [-0.05, 0) is 6.42 Å². The normalized spacial score (nSPS) is 12.9. The summed E-state index contributed by atoms with van der Waals surface area (Å²) in [6.07, 6.45) is 3.93. The maximum absolute atomic E-state index is 10.8. The highest BCUT2D eigenvalue weighted by Gasteiger charge is 2.00. The molecule has 0 aliphatic carbocycles. The number of hydrogen-bond acceptors (Lipinski definition) is 4. The highest BCUT2D eigenvalue weighted by Crippen LogP contribution is 1.94. The Labute approximate surface area is 67.5 Å². The van der Waals surface area contributed by atoms with Crippen LogP contribution in [0, 0.1) is 0 Å². The summed E-state index contributed by atoms with van der Waals surface area (Å²) in [5.74, 6) is 0. The lowest BCUT2D eigenvalue weighted by Crippen LogP contribution is -2.01. The van der Waals surface area contributed by atoms with Crippen LogP contribution in [-0.4, -0.2) is 25.6 Å². The van der Waals surface area contributed by atoms with Gasteiger partial charge in [-0.3, -0.25) is 4.21 Å². The van der Waals surface area contributed by atoms with Gasteiger partial charge in [-0.2, -0.15) is 5.10 Å². The molecule has 0 amide bonds. The molecule has 0 aliphatic heterocycles. The predicted molar refractivity (Wildman–Crippen MR) is 41.5 cm³/mol. The highest BCUT2D eigenvalue weighted by atomic mass is 32.2. The molecular formula is C6H9N3OS. The van der Waals surface area contributed by atoms with Gasteiger partial charge in [-0.1, -0.05) is 6.92 Å². The second kappa shape index (κ2) is 3.52. The Hall–Kier alpha value is -0.840. The van der Waals surface area contributed by atoms with Crippen LogP contribution >= 0.6 is 0 Å². The van der Waals surface area contributed by atoms with E-state index < -0.39 is 10.8 Å². The molecule has 60 valence electrons. The Kier molecular flexibility index (Phi) is 2.64. The lowest BCUT2D eigenvalue weighted by Gasteiger charge is -1.94. The van der Waals surface area contributed by atoms with E-state index in [1.54, 1.807) is 6.20 Å². The van der Waals surface area contributed by atoms with E-state index in [4.69, 9.17) is 0 Å². The van der Waals surface area contributed by atoms with Crippen LogP contribution in [0.2, 0.25) is 0 Å². The Morgan fingerprint density at radius 2 is 2.27 bits per heavy atom. The van der Waals surface area contributed by atoms with Crippen molar-refractivity contribution < 1.29 is 4.21 Å². The SMILES string of the molecule is CCc1cnc(S(C)=O)nn1. The summed E-state index contributed by atoms with van der Waals surface area (Å²) in [6.45, 7) is 1.97. The van der Waals surface area contributed by atoms with Gasteiger partial charge in [0, 0.05) is 6.26 Å². The summed E-state index contributed by atoms with van der Waals surface area (Å²) >= 11 is 0. The topological polar surface area (TPSA) is 55.7 Å². The first-order valence-corrected chi connectivity index (χ1v) is 4.82. The summed E-state index contributed by atoms with van der Waals surface area (Å²) in [7, 11) is -1.12. The molecule has 1 rings (SSSR count). The summed E-state index contributed by atoms with van der Waals surface area (Å²) in [5, 5.41) is 7.79. The number of aromatic nitrogens is 3. The molecule has 0 bridgehead atoms. The van der Waals surface area contributed by atoms with Gasteiger partial charge in [0.1, 0.15) is 0 Å². The molecule has 0 aromatic carbocycles. The van der Waals surface area contributed by atoms with E-state index in [2.05, 4.69) is 15.2 Å². The molecule has 0 aliphatic rings. The smallest absolute Gasteiger partial charge is 0.239 e. The predicted octanol–water partition coefficient (Wildman–Crippen LogP) is 0.171. The summed E-state index contributed by atoms with van der Waals surface area (Å²) in [5.41, 5.74) is 0.819. The van der Waals surface area contributed by atoms with Crippen molar-refractivity contribution in [1.82, 2.24) is 15.2 Å². The number of nitrogens with zero attached hydrogens (tertiary/aromatic N) is 3. The minimum Gasteiger partial charge on any atom is -0.251 e. The van der Waals surface area contributed by atoms with Gasteiger partial charge in [0.25, 0.3) is 0 Å². The van der Waals surface area contributed by atoms with E-state index in [9.17, 15) is 4.21 Å². The first kappa shape index (κ1) is 8.26. The van der Waals surface area contributed by atoms with E-state index in [-0.39, 0.29) is 0 Å². The second-order valence-electron chi connectivity index (χ2n) is 2.04. The van der Waals surface area contributed by atoms with E-state index >= 15 is 0 Å². The van der Waals surface area contributed by atoms with Crippen molar-refractivity contribution in [3.8, 4) is 0 Å². The van der Waals surface area contributed by atoms with E-state index in [0.717, 1.165) is 12.1 Å². The van der Waals surface area contributed by atoms with Gasteiger partial charge < -0.3 is 0 Å². The van der Waals surface area contributed by atoms with Gasteiger partial charge in [0.2, 0.25) is 5.16 Å². The van der Waals surface area contributed by atoms with Crippen LogP contribution in [-0.2, 0) is 17.2 Å². The summed E-state index contributed by atoms with van der Waals surface area (Å²) in [6, 6.07) is 0. The van der Waals surface area contributed by atoms with Crippen LogP contribution < -0.4 is 0 Å². The fourth-order valence-electron chi connectivity index (χ4n) is 0.582. The van der Waals surface area contributed by atoms with Gasteiger partial charge in [-0.25, -0.2) is 4.98 Å². The number of aryl methyl sites for hydroxylation is 1. The molecule has 1 heterocycles. The van der Waals surface area contributed by atoms with Gasteiger partial charge in [-0.15, -0.1) is 5.10 Å². The minimum absolute atomic E-state index is 0.294. The second-order valence-corrected chi connectivity index (χ2v) is 3.31. The van der Waals surface area contributed by atoms with Crippen molar-refractivity contribution in [2.45, 2.75) is 18.5 Å². The molecule has 1 aromatic rings. The zero-order valence-electron chi connectivity index (χ0n) is 6.44. The molecule has 4 nitrogen and oxygen atoms in total. The molecule has 0 spiro atoms. The lowest BCUT2D eigenvalue weighted by atomic mass is 10.4. The van der Waals surface area contributed by atoms with Crippen LogP contribution in [0.15, 0.2) is 11.4 Å². The molecule has 1 unspecified atom stereocenters. The van der Waals surface area contributed by atoms with Crippen molar-refractivity contribution in [1.29, 1.82) is 0 Å². The fraction of sp³-hybridized carbons (Fsp3) is 0.500. The first-order valence-electron chi connectivity index (χ1n) is 3.26. The number of hydrogen-bond donors (Lipinski definition) is 0. The molecule has 1 atom stereocenters. The standard InChI is InChI=1S/C6H9N3OS/c1-3-5-4-7-6(9-8-5)11(2)10/h4H,3H2,1-2H3. The van der Waals surface area contributed by atoms with Crippen LogP contribution in [0.3, 0.4) is 0 Å². The highest BCUT2D eigenvalue weighted by molar-refractivity contribution is 7.84. The quantitative estimate of drug-likeness (QED) is 0.636. The minimum atomic E-state index is -1.12. The van der Waals surface area contributed by atoms with Gasteiger partial charge >= 0.3 is 0 Å².